The van der Waals surface area contributed by atoms with Gasteiger partial charge < -0.3 is 10.2 Å². The number of aromatic nitrogens is 5. The van der Waals surface area contributed by atoms with Crippen LogP contribution >= 0.6 is 0 Å². The Hall–Kier alpha value is -4.66. The minimum Gasteiger partial charge on any atom is -0.355 e. The van der Waals surface area contributed by atoms with Crippen LogP contribution in [-0.4, -0.2) is 32.2 Å². The predicted molar refractivity (Wildman–Crippen MR) is 150 cm³/mol. The largest absolute Gasteiger partial charge is 0.355 e. The fraction of sp³-hybridized carbons (Fsp3) is 0.200. The van der Waals surface area contributed by atoms with Crippen molar-refractivity contribution in [3.05, 3.63) is 102 Å². The summed E-state index contributed by atoms with van der Waals surface area (Å²) in [5.74, 6) is 1.68. The van der Waals surface area contributed by atoms with Crippen LogP contribution in [0.1, 0.15) is 31.4 Å². The Bertz CT molecular complexity index is 1510. The van der Waals surface area contributed by atoms with Crippen molar-refractivity contribution in [3.63, 3.8) is 0 Å². The number of rotatable bonds is 10. The first-order valence-electron chi connectivity index (χ1n) is 12.8. The lowest BCUT2D eigenvalue weighted by molar-refractivity contribution is 0.151. The van der Waals surface area contributed by atoms with Crippen molar-refractivity contribution in [1.82, 2.24) is 25.6 Å². The highest BCUT2D eigenvalue weighted by Crippen LogP contribution is 2.34. The number of tetrazole rings is 1. The molecular formula is C30H29F2N7. The van der Waals surface area contributed by atoms with Crippen LogP contribution in [-0.2, 0) is 6.54 Å². The monoisotopic (exact) mass is 525 g/mol. The number of nitrogens with zero attached hydrogens (tertiary/aromatic N) is 5. The molecule has 198 valence electrons. The molecule has 0 aliphatic rings. The zero-order valence-corrected chi connectivity index (χ0v) is 21.7. The lowest BCUT2D eigenvalue weighted by Gasteiger charge is -2.27. The van der Waals surface area contributed by atoms with Crippen LogP contribution in [0.5, 0.6) is 0 Å². The lowest BCUT2D eigenvalue weighted by atomic mass is 10.0. The normalized spacial score (nSPS) is 11.2. The first-order chi connectivity index (χ1) is 19.0. The smallest absolute Gasteiger partial charge is 0.263 e. The molecule has 0 spiro atoms. The quantitative estimate of drug-likeness (QED) is 0.200. The predicted octanol–water partition coefficient (Wildman–Crippen LogP) is 7.27. The van der Waals surface area contributed by atoms with Crippen LogP contribution in [0.25, 0.3) is 22.6 Å². The van der Waals surface area contributed by atoms with Crippen LogP contribution in [0.2, 0.25) is 0 Å². The molecule has 39 heavy (non-hydrogen) atoms. The standard InChI is InChI=1S/C30H29F2N7/c1-20(2)18-39(19-21-9-4-3-5-10-21)28-17-24(33-23-12-8-11-22(15-23)29(31)32)16-27(34-28)25-13-6-7-14-26(25)30-35-37-38-36-30/h3-17,20,29H,18-19H2,1-2H3,(H,33,34)(H,35,36,37,38). The van der Waals surface area contributed by atoms with Crippen LogP contribution in [0.3, 0.4) is 0 Å². The number of hydrogen-bond acceptors (Lipinski definition) is 6. The molecule has 3 aromatic carbocycles. The third-order valence-corrected chi connectivity index (χ3v) is 6.17. The molecule has 2 N–H and O–H groups in total. The highest BCUT2D eigenvalue weighted by molar-refractivity contribution is 5.81. The Balaban J connectivity index is 1.62. The van der Waals surface area contributed by atoms with E-state index in [0.717, 1.165) is 34.7 Å². The summed E-state index contributed by atoms with van der Waals surface area (Å²) in [5.41, 5.74) is 4.77. The van der Waals surface area contributed by atoms with E-state index in [-0.39, 0.29) is 5.56 Å². The molecular weight excluding hydrogens is 496 g/mol. The maximum absolute atomic E-state index is 13.4. The van der Waals surface area contributed by atoms with E-state index in [0.29, 0.717) is 29.7 Å². The zero-order chi connectivity index (χ0) is 27.2. The van der Waals surface area contributed by atoms with Gasteiger partial charge in [0.2, 0.25) is 0 Å². The molecule has 0 fully saturated rings. The maximum atomic E-state index is 13.4. The summed E-state index contributed by atoms with van der Waals surface area (Å²) in [4.78, 5) is 7.33. The van der Waals surface area contributed by atoms with Gasteiger partial charge in [0, 0.05) is 47.2 Å². The first kappa shape index (κ1) is 26.0. The number of hydrogen-bond donors (Lipinski definition) is 2. The number of nitrogens with one attached hydrogen (secondary N) is 2. The first-order valence-corrected chi connectivity index (χ1v) is 12.8. The third-order valence-electron chi connectivity index (χ3n) is 6.17. The average Bonchev–Trinajstić information content (AvgIpc) is 3.48. The van der Waals surface area contributed by atoms with Gasteiger partial charge in [-0.3, -0.25) is 0 Å². The Morgan fingerprint density at radius 3 is 2.33 bits per heavy atom. The number of aromatic amines is 1. The second-order valence-corrected chi connectivity index (χ2v) is 9.71. The summed E-state index contributed by atoms with van der Waals surface area (Å²) in [6, 6.07) is 28.2. The molecule has 0 saturated carbocycles. The van der Waals surface area contributed by atoms with Crippen molar-refractivity contribution in [2.75, 3.05) is 16.8 Å². The Morgan fingerprint density at radius 2 is 1.62 bits per heavy atom. The van der Waals surface area contributed by atoms with E-state index in [4.69, 9.17) is 4.98 Å². The average molecular weight is 526 g/mol. The van der Waals surface area contributed by atoms with Gasteiger partial charge >= 0.3 is 0 Å². The number of pyridine rings is 1. The molecule has 2 aromatic heterocycles. The van der Waals surface area contributed by atoms with Gasteiger partial charge in [0.1, 0.15) is 5.82 Å². The topological polar surface area (TPSA) is 82.6 Å². The summed E-state index contributed by atoms with van der Waals surface area (Å²) in [6.07, 6.45) is -2.55. The summed E-state index contributed by atoms with van der Waals surface area (Å²) in [6.45, 7) is 5.79. The molecule has 5 aromatic rings. The second kappa shape index (κ2) is 11.8. The highest BCUT2D eigenvalue weighted by atomic mass is 19.3. The molecule has 0 saturated heterocycles. The highest BCUT2D eigenvalue weighted by Gasteiger charge is 2.17. The number of alkyl halides is 2. The minimum atomic E-state index is -2.55. The van der Waals surface area contributed by atoms with Crippen molar-refractivity contribution in [2.45, 2.75) is 26.8 Å². The van der Waals surface area contributed by atoms with Gasteiger partial charge in [0.15, 0.2) is 5.82 Å². The molecule has 0 aliphatic carbocycles. The van der Waals surface area contributed by atoms with E-state index in [2.05, 4.69) is 56.8 Å². The van der Waals surface area contributed by atoms with E-state index >= 15 is 0 Å². The molecule has 0 aliphatic heterocycles. The summed E-state index contributed by atoms with van der Waals surface area (Å²) >= 11 is 0. The minimum absolute atomic E-state index is 0.0387. The van der Waals surface area contributed by atoms with Crippen LogP contribution < -0.4 is 10.2 Å². The van der Waals surface area contributed by atoms with Gasteiger partial charge in [-0.15, -0.1) is 5.10 Å². The molecule has 5 rings (SSSR count). The van der Waals surface area contributed by atoms with Gasteiger partial charge in [-0.1, -0.05) is 80.6 Å². The summed E-state index contributed by atoms with van der Waals surface area (Å²) in [7, 11) is 0. The lowest BCUT2D eigenvalue weighted by Crippen LogP contribution is -2.28. The molecule has 2 heterocycles. The number of anilines is 3. The molecule has 7 nitrogen and oxygen atoms in total. The number of halogens is 2. The van der Waals surface area contributed by atoms with Gasteiger partial charge in [-0.05, 0) is 40.1 Å². The van der Waals surface area contributed by atoms with Crippen LogP contribution in [0.4, 0.5) is 26.0 Å². The van der Waals surface area contributed by atoms with E-state index in [1.54, 1.807) is 12.1 Å². The Labute approximate surface area is 225 Å². The second-order valence-electron chi connectivity index (χ2n) is 9.71. The van der Waals surface area contributed by atoms with E-state index in [1.807, 2.05) is 54.6 Å². The van der Waals surface area contributed by atoms with E-state index < -0.39 is 6.43 Å². The van der Waals surface area contributed by atoms with E-state index in [9.17, 15) is 8.78 Å². The van der Waals surface area contributed by atoms with Crippen LogP contribution in [0.15, 0.2) is 91.0 Å². The van der Waals surface area contributed by atoms with E-state index in [1.165, 1.54) is 12.1 Å². The van der Waals surface area contributed by atoms with Crippen molar-refractivity contribution >= 4 is 17.2 Å². The molecule has 9 heteroatoms. The van der Waals surface area contributed by atoms with Crippen molar-refractivity contribution in [2.24, 2.45) is 5.92 Å². The fourth-order valence-electron chi connectivity index (χ4n) is 4.48. The SMILES string of the molecule is CC(C)CN(Cc1ccccc1)c1cc(Nc2cccc(C(F)F)c2)cc(-c2ccccc2-c2nnn[nH]2)n1. The Kier molecular flexibility index (Phi) is 7.86. The zero-order valence-electron chi connectivity index (χ0n) is 21.7. The Morgan fingerprint density at radius 1 is 0.846 bits per heavy atom. The van der Waals surface area contributed by atoms with Crippen molar-refractivity contribution in [1.29, 1.82) is 0 Å². The van der Waals surface area contributed by atoms with Gasteiger partial charge in [0.05, 0.1) is 5.69 Å². The molecule has 0 radical (unpaired) electrons. The van der Waals surface area contributed by atoms with Crippen LogP contribution in [0, 0.1) is 5.92 Å². The number of benzene rings is 3. The molecule has 0 bridgehead atoms. The molecule has 0 atom stereocenters. The number of H-pyrrole nitrogens is 1. The van der Waals surface area contributed by atoms with Crippen molar-refractivity contribution in [3.8, 4) is 22.6 Å². The fourth-order valence-corrected chi connectivity index (χ4v) is 4.48. The summed E-state index contributed by atoms with van der Waals surface area (Å²) < 4.78 is 26.8. The summed E-state index contributed by atoms with van der Waals surface area (Å²) in [5, 5.41) is 17.7. The third kappa shape index (κ3) is 6.43. The molecule has 0 amide bonds. The maximum Gasteiger partial charge on any atom is 0.263 e. The van der Waals surface area contributed by atoms with Gasteiger partial charge in [-0.2, -0.15) is 0 Å². The molecule has 0 unspecified atom stereocenters. The van der Waals surface area contributed by atoms with Crippen molar-refractivity contribution < 1.29 is 8.78 Å². The van der Waals surface area contributed by atoms with Gasteiger partial charge in [-0.25, -0.2) is 18.9 Å². The van der Waals surface area contributed by atoms with Gasteiger partial charge in [0.25, 0.3) is 6.43 Å².